The van der Waals surface area contributed by atoms with E-state index in [0.717, 1.165) is 5.13 Å². The van der Waals surface area contributed by atoms with Crippen molar-refractivity contribution in [1.82, 2.24) is 14.8 Å². The second-order valence-electron chi connectivity index (χ2n) is 8.11. The molecule has 0 saturated carbocycles. The molecule has 4 atom stereocenters. The number of aliphatic hydroxyl groups excluding tert-OH is 1. The number of amides is 2. The van der Waals surface area contributed by atoms with Gasteiger partial charge in [0.15, 0.2) is 5.13 Å². The van der Waals surface area contributed by atoms with Crippen LogP contribution in [-0.4, -0.2) is 82.3 Å². The van der Waals surface area contributed by atoms with Crippen LogP contribution in [0.15, 0.2) is 16.0 Å². The van der Waals surface area contributed by atoms with E-state index in [-0.39, 0.29) is 64.3 Å². The fraction of sp³-hybridized carbons (Fsp3) is 0.579. The Morgan fingerprint density at radius 3 is 2.58 bits per heavy atom. The number of aliphatic hydroxyl groups is 1. The van der Waals surface area contributed by atoms with Crippen LogP contribution >= 0.6 is 23.1 Å². The van der Waals surface area contributed by atoms with Crippen LogP contribution in [0.3, 0.4) is 0 Å². The molecule has 2 fully saturated rings. The number of aromatic nitrogens is 1. The third-order valence-corrected chi connectivity index (χ3v) is 8.18. The van der Waals surface area contributed by atoms with E-state index < -0.39 is 18.0 Å². The Bertz CT molecular complexity index is 943. The summed E-state index contributed by atoms with van der Waals surface area (Å²) in [6.07, 6.45) is -0.822. The van der Waals surface area contributed by atoms with Gasteiger partial charge in [0.2, 0.25) is 5.91 Å². The molecule has 0 radical (unpaired) electrons. The van der Waals surface area contributed by atoms with Gasteiger partial charge in [-0.25, -0.2) is 4.98 Å². The first-order valence-electron chi connectivity index (χ1n) is 9.67. The predicted molar refractivity (Wildman–Crippen MR) is 111 cm³/mol. The van der Waals surface area contributed by atoms with Crippen molar-refractivity contribution in [3.63, 3.8) is 0 Å². The van der Waals surface area contributed by atoms with Gasteiger partial charge in [-0.05, 0) is 6.92 Å². The number of thiazole rings is 1. The summed E-state index contributed by atoms with van der Waals surface area (Å²) in [5.74, 6) is -2.60. The molecule has 3 aliphatic heterocycles. The molecule has 4 rings (SSSR count). The van der Waals surface area contributed by atoms with Crippen molar-refractivity contribution in [1.29, 1.82) is 0 Å². The summed E-state index contributed by atoms with van der Waals surface area (Å²) in [5.41, 5.74) is 0.362. The van der Waals surface area contributed by atoms with Gasteiger partial charge in [-0.15, -0.1) is 23.1 Å². The van der Waals surface area contributed by atoms with Crippen molar-refractivity contribution in [3.8, 4) is 0 Å². The van der Waals surface area contributed by atoms with Crippen molar-refractivity contribution in [2.45, 2.75) is 31.2 Å². The van der Waals surface area contributed by atoms with Crippen LogP contribution in [-0.2, 0) is 9.59 Å². The number of thioether (sulfide) groups is 1. The molecule has 2 saturated heterocycles. The number of carbonyl (C=O) groups is 3. The largest absolute Gasteiger partial charge is 1.00 e. The average molecular weight is 475 g/mol. The molecule has 2 amide bonds. The summed E-state index contributed by atoms with van der Waals surface area (Å²) >= 11 is 2.87. The summed E-state index contributed by atoms with van der Waals surface area (Å²) in [6, 6.07) is -0.331. The van der Waals surface area contributed by atoms with Gasteiger partial charge in [-0.3, -0.25) is 9.59 Å². The Morgan fingerprint density at radius 2 is 2.03 bits per heavy atom. The Kier molecular flexibility index (Phi) is 7.14. The Labute approximate surface area is 210 Å². The number of carboxylic acid groups (broad SMARTS) is 1. The molecule has 31 heavy (non-hydrogen) atoms. The normalized spacial score (nSPS) is 26.1. The molecule has 0 aliphatic carbocycles. The molecule has 3 unspecified atom stereocenters. The fourth-order valence-corrected chi connectivity index (χ4v) is 6.59. The van der Waals surface area contributed by atoms with Crippen LogP contribution in [0.5, 0.6) is 0 Å². The zero-order valence-corrected chi connectivity index (χ0v) is 21.7. The minimum Gasteiger partial charge on any atom is -0.543 e. The summed E-state index contributed by atoms with van der Waals surface area (Å²) in [5, 5.41) is 24.3. The van der Waals surface area contributed by atoms with Crippen molar-refractivity contribution < 1.29 is 54.2 Å². The van der Waals surface area contributed by atoms with Gasteiger partial charge in [0.05, 0.1) is 29.7 Å². The Hall–Kier alpha value is -1.11. The monoisotopic (exact) mass is 474 g/mol. The first-order chi connectivity index (χ1) is 14.1. The molecule has 4 heterocycles. The van der Waals surface area contributed by atoms with Crippen LogP contribution in [0.4, 0.5) is 5.13 Å². The van der Waals surface area contributed by atoms with E-state index in [1.54, 1.807) is 26.4 Å². The number of rotatable bonds is 6. The molecule has 1 aromatic rings. The molecule has 3 aliphatic rings. The van der Waals surface area contributed by atoms with Gasteiger partial charge in [0, 0.05) is 48.6 Å². The number of carboxylic acids is 1. The van der Waals surface area contributed by atoms with E-state index in [4.69, 9.17) is 0 Å². The molecule has 0 aromatic carbocycles. The van der Waals surface area contributed by atoms with Crippen molar-refractivity contribution in [2.75, 3.05) is 32.1 Å². The standard InChI is InChI=1S/C19H24N4O5S2.Na/c1-8-13-12(9(2)24)17(26)23(13)14(18(27)28)15(8)30-10-5-22(6-10)19-20-11(7-29-19)16(25)21(3)4;/h7-10,12-13,24H,5-6H2,1-4H3,(H,27,28);/q;+1/p-1/t8-,9?,12?,13?;/m1./s1. The van der Waals surface area contributed by atoms with Crippen LogP contribution in [0, 0.1) is 11.8 Å². The SMILES string of the molecule is CC(O)C1C(=O)N2C(C(=O)[O-])=C(SC3CN(c4nc(C(=O)N(C)C)cs4)C3)[C@H](C)C12.[Na+]. The minimum atomic E-state index is -1.35. The summed E-state index contributed by atoms with van der Waals surface area (Å²) in [4.78, 5) is 46.0. The third kappa shape index (κ3) is 4.04. The van der Waals surface area contributed by atoms with Crippen LogP contribution < -0.4 is 39.6 Å². The first-order valence-corrected chi connectivity index (χ1v) is 11.4. The molecular weight excluding hydrogens is 451 g/mol. The summed E-state index contributed by atoms with van der Waals surface area (Å²) in [7, 11) is 3.36. The average Bonchev–Trinajstić information content (AvgIpc) is 3.19. The van der Waals surface area contributed by atoms with E-state index in [1.165, 1.54) is 32.9 Å². The van der Waals surface area contributed by atoms with Gasteiger partial charge in [-0.2, -0.15) is 0 Å². The first kappa shape index (κ1) is 24.5. The Morgan fingerprint density at radius 1 is 1.39 bits per heavy atom. The maximum absolute atomic E-state index is 12.4. The molecule has 12 heteroatoms. The quantitative estimate of drug-likeness (QED) is 0.335. The van der Waals surface area contributed by atoms with Gasteiger partial charge < -0.3 is 29.7 Å². The van der Waals surface area contributed by atoms with Crippen LogP contribution in [0.2, 0.25) is 0 Å². The number of nitrogens with zero attached hydrogens (tertiary/aromatic N) is 4. The zero-order valence-electron chi connectivity index (χ0n) is 18.1. The van der Waals surface area contributed by atoms with E-state index in [9.17, 15) is 24.6 Å². The number of hydrogen-bond acceptors (Lipinski definition) is 9. The van der Waals surface area contributed by atoms with Gasteiger partial charge >= 0.3 is 29.6 Å². The van der Waals surface area contributed by atoms with Crippen LogP contribution in [0.25, 0.3) is 0 Å². The van der Waals surface area contributed by atoms with E-state index in [1.807, 2.05) is 11.8 Å². The maximum Gasteiger partial charge on any atom is 1.00 e. The summed E-state index contributed by atoms with van der Waals surface area (Å²) in [6.45, 7) is 4.79. The maximum atomic E-state index is 12.4. The minimum absolute atomic E-state index is 0. The third-order valence-electron chi connectivity index (χ3n) is 5.83. The van der Waals surface area contributed by atoms with Crippen molar-refractivity contribution >= 4 is 46.0 Å². The van der Waals surface area contributed by atoms with E-state index in [2.05, 4.69) is 4.98 Å². The molecule has 9 nitrogen and oxygen atoms in total. The second kappa shape index (κ2) is 9.03. The number of carbonyl (C=O) groups excluding carboxylic acids is 3. The number of aliphatic carboxylic acids is 1. The van der Waals surface area contributed by atoms with Crippen molar-refractivity contribution in [2.24, 2.45) is 11.8 Å². The number of fused-ring (bicyclic) bond motifs is 1. The van der Waals surface area contributed by atoms with E-state index in [0.29, 0.717) is 23.7 Å². The number of β-lactam (4-membered cyclic amide) rings is 1. The zero-order chi connectivity index (χ0) is 21.9. The van der Waals surface area contributed by atoms with Gasteiger partial charge in [-0.1, -0.05) is 6.92 Å². The molecule has 162 valence electrons. The van der Waals surface area contributed by atoms with Gasteiger partial charge in [0.1, 0.15) is 5.69 Å². The fourth-order valence-electron chi connectivity index (χ4n) is 4.25. The number of anilines is 1. The number of hydrogen-bond donors (Lipinski definition) is 1. The Balaban J connectivity index is 0.00000272. The van der Waals surface area contributed by atoms with E-state index >= 15 is 0 Å². The van der Waals surface area contributed by atoms with Crippen LogP contribution in [0.1, 0.15) is 24.3 Å². The molecule has 1 N–H and O–H groups in total. The second-order valence-corrected chi connectivity index (χ2v) is 10.3. The van der Waals surface area contributed by atoms with Crippen molar-refractivity contribution in [3.05, 3.63) is 21.7 Å². The molecule has 0 spiro atoms. The topological polar surface area (TPSA) is 117 Å². The predicted octanol–water partition coefficient (Wildman–Crippen LogP) is -3.41. The smallest absolute Gasteiger partial charge is 0.543 e. The molecular formula is C19H23N4NaO5S2. The van der Waals surface area contributed by atoms with Gasteiger partial charge in [0.25, 0.3) is 5.91 Å². The summed E-state index contributed by atoms with van der Waals surface area (Å²) < 4.78 is 0. The molecule has 0 bridgehead atoms. The molecule has 1 aromatic heterocycles.